The van der Waals surface area contributed by atoms with Gasteiger partial charge in [0, 0.05) is 5.56 Å². The zero-order valence-corrected chi connectivity index (χ0v) is 11.0. The lowest BCUT2D eigenvalue weighted by atomic mass is 9.98. The Morgan fingerprint density at radius 3 is 2.30 bits per heavy atom. The molecule has 2 aromatic rings. The SMILES string of the molecule is CC(=O)/C(=C/c1cccc(F)c1)C(=O)c1ccccc1. The molecule has 0 fully saturated rings. The summed E-state index contributed by atoms with van der Waals surface area (Å²) >= 11 is 0. The summed E-state index contributed by atoms with van der Waals surface area (Å²) in [6.07, 6.45) is 1.42. The maximum Gasteiger partial charge on any atom is 0.196 e. The van der Waals surface area contributed by atoms with Crippen molar-refractivity contribution < 1.29 is 14.0 Å². The minimum atomic E-state index is -0.409. The molecule has 3 heteroatoms. The molecule has 0 aliphatic carbocycles. The van der Waals surface area contributed by atoms with Crippen molar-refractivity contribution >= 4 is 17.6 Å². The average Bonchev–Trinajstić information content (AvgIpc) is 2.45. The number of allylic oxidation sites excluding steroid dienone is 1. The summed E-state index contributed by atoms with van der Waals surface area (Å²) in [5.74, 6) is -1.11. The first-order valence-corrected chi connectivity index (χ1v) is 6.16. The predicted molar refractivity (Wildman–Crippen MR) is 75.8 cm³/mol. The van der Waals surface area contributed by atoms with Crippen LogP contribution in [0.2, 0.25) is 0 Å². The Kier molecular flexibility index (Phi) is 4.20. The third-order valence-corrected chi connectivity index (χ3v) is 2.82. The van der Waals surface area contributed by atoms with Gasteiger partial charge in [0.05, 0.1) is 5.57 Å². The van der Waals surface area contributed by atoms with Crippen molar-refractivity contribution in [3.8, 4) is 0 Å². The van der Waals surface area contributed by atoms with E-state index >= 15 is 0 Å². The topological polar surface area (TPSA) is 34.1 Å². The Hall–Kier alpha value is -2.55. The second-order valence-electron chi connectivity index (χ2n) is 4.36. The average molecular weight is 268 g/mol. The molecule has 0 spiro atoms. The summed E-state index contributed by atoms with van der Waals surface area (Å²) in [6, 6.07) is 14.3. The van der Waals surface area contributed by atoms with Crippen molar-refractivity contribution in [1.82, 2.24) is 0 Å². The fourth-order valence-electron chi connectivity index (χ4n) is 1.84. The van der Waals surface area contributed by atoms with Gasteiger partial charge in [-0.05, 0) is 30.7 Å². The minimum absolute atomic E-state index is 0.0433. The molecule has 0 aliphatic heterocycles. The standard InChI is InChI=1S/C17H13FO2/c1-12(19)16(11-13-6-5-9-15(18)10-13)17(20)14-7-3-2-4-8-14/h2-11H,1H3/b16-11-. The lowest BCUT2D eigenvalue weighted by molar-refractivity contribution is -0.113. The molecular weight excluding hydrogens is 255 g/mol. The Balaban J connectivity index is 2.42. The Morgan fingerprint density at radius 1 is 1.00 bits per heavy atom. The molecular formula is C17H13FO2. The highest BCUT2D eigenvalue weighted by atomic mass is 19.1. The molecule has 0 radical (unpaired) electrons. The van der Waals surface area contributed by atoms with Gasteiger partial charge in [-0.2, -0.15) is 0 Å². The zero-order valence-electron chi connectivity index (χ0n) is 11.0. The van der Waals surface area contributed by atoms with Gasteiger partial charge < -0.3 is 0 Å². The highest BCUT2D eigenvalue weighted by Gasteiger charge is 2.16. The molecule has 2 nitrogen and oxygen atoms in total. The van der Waals surface area contributed by atoms with Crippen LogP contribution in [0.25, 0.3) is 6.08 Å². The normalized spacial score (nSPS) is 11.2. The summed E-state index contributed by atoms with van der Waals surface area (Å²) in [6.45, 7) is 1.33. The van der Waals surface area contributed by atoms with Gasteiger partial charge in [-0.1, -0.05) is 42.5 Å². The molecule has 0 unspecified atom stereocenters. The molecule has 2 aromatic carbocycles. The van der Waals surface area contributed by atoms with E-state index in [0.717, 1.165) is 0 Å². The van der Waals surface area contributed by atoms with Crippen LogP contribution in [0, 0.1) is 5.82 Å². The van der Waals surface area contributed by atoms with Crippen molar-refractivity contribution in [3.63, 3.8) is 0 Å². The largest absolute Gasteiger partial charge is 0.294 e. The van der Waals surface area contributed by atoms with Gasteiger partial charge in [-0.3, -0.25) is 9.59 Å². The quantitative estimate of drug-likeness (QED) is 0.367. The molecule has 0 aliphatic rings. The molecule has 0 heterocycles. The van der Waals surface area contributed by atoms with Gasteiger partial charge >= 0.3 is 0 Å². The van der Waals surface area contributed by atoms with Crippen molar-refractivity contribution in [3.05, 3.63) is 77.1 Å². The van der Waals surface area contributed by atoms with Crippen molar-refractivity contribution in [2.75, 3.05) is 0 Å². The summed E-state index contributed by atoms with van der Waals surface area (Å²) < 4.78 is 13.1. The lowest BCUT2D eigenvalue weighted by Crippen LogP contribution is -2.10. The monoisotopic (exact) mass is 268 g/mol. The van der Waals surface area contributed by atoms with E-state index in [2.05, 4.69) is 0 Å². The number of carbonyl (C=O) groups excluding carboxylic acids is 2. The van der Waals surface area contributed by atoms with Crippen LogP contribution in [-0.4, -0.2) is 11.6 Å². The van der Waals surface area contributed by atoms with Crippen LogP contribution >= 0.6 is 0 Å². The van der Waals surface area contributed by atoms with Crippen molar-refractivity contribution in [2.24, 2.45) is 0 Å². The van der Waals surface area contributed by atoms with Crippen molar-refractivity contribution in [1.29, 1.82) is 0 Å². The van der Waals surface area contributed by atoms with Gasteiger partial charge in [0.25, 0.3) is 0 Å². The Morgan fingerprint density at radius 2 is 1.70 bits per heavy atom. The van der Waals surface area contributed by atoms with Crippen LogP contribution in [0.4, 0.5) is 4.39 Å². The number of Topliss-reactive ketones (excluding diaryl/α,β-unsaturated/α-hetero) is 2. The summed E-state index contributed by atoms with van der Waals surface area (Å²) in [5.41, 5.74) is 0.964. The van der Waals surface area contributed by atoms with Crippen LogP contribution < -0.4 is 0 Å². The van der Waals surface area contributed by atoms with E-state index in [1.807, 2.05) is 0 Å². The molecule has 0 atom stereocenters. The molecule has 0 amide bonds. The van der Waals surface area contributed by atoms with E-state index in [9.17, 15) is 14.0 Å². The third kappa shape index (κ3) is 3.26. The zero-order chi connectivity index (χ0) is 14.5. The minimum Gasteiger partial charge on any atom is -0.294 e. The third-order valence-electron chi connectivity index (χ3n) is 2.82. The number of carbonyl (C=O) groups is 2. The fourth-order valence-corrected chi connectivity index (χ4v) is 1.84. The van der Waals surface area contributed by atoms with E-state index in [1.165, 1.54) is 31.2 Å². The first-order valence-electron chi connectivity index (χ1n) is 6.16. The van der Waals surface area contributed by atoms with E-state index in [-0.39, 0.29) is 17.1 Å². The second-order valence-corrected chi connectivity index (χ2v) is 4.36. The lowest BCUT2D eigenvalue weighted by Gasteiger charge is -2.04. The highest BCUT2D eigenvalue weighted by molar-refractivity contribution is 6.28. The Bertz CT molecular complexity index is 672. The van der Waals surface area contributed by atoms with Crippen LogP contribution in [0.3, 0.4) is 0 Å². The Labute approximate surface area is 116 Å². The second kappa shape index (κ2) is 6.06. The van der Waals surface area contributed by atoms with Crippen LogP contribution in [0.5, 0.6) is 0 Å². The molecule has 0 bridgehead atoms. The van der Waals surface area contributed by atoms with Crippen molar-refractivity contribution in [2.45, 2.75) is 6.92 Å². The number of hydrogen-bond acceptors (Lipinski definition) is 2. The first-order chi connectivity index (χ1) is 9.58. The molecule has 0 saturated heterocycles. The number of benzene rings is 2. The van der Waals surface area contributed by atoms with E-state index in [1.54, 1.807) is 36.4 Å². The van der Waals surface area contributed by atoms with E-state index < -0.39 is 5.82 Å². The van der Waals surface area contributed by atoms with Crippen LogP contribution in [-0.2, 0) is 4.79 Å². The van der Waals surface area contributed by atoms with Gasteiger partial charge in [0.1, 0.15) is 5.82 Å². The molecule has 100 valence electrons. The first kappa shape index (κ1) is 13.9. The van der Waals surface area contributed by atoms with Crippen LogP contribution in [0.15, 0.2) is 60.2 Å². The number of ketones is 2. The number of hydrogen-bond donors (Lipinski definition) is 0. The summed E-state index contributed by atoms with van der Waals surface area (Å²) in [7, 11) is 0. The maximum absolute atomic E-state index is 13.1. The van der Waals surface area contributed by atoms with Crippen LogP contribution in [0.1, 0.15) is 22.8 Å². The molecule has 2 rings (SSSR count). The van der Waals surface area contributed by atoms with Gasteiger partial charge in [-0.15, -0.1) is 0 Å². The maximum atomic E-state index is 13.1. The smallest absolute Gasteiger partial charge is 0.196 e. The predicted octanol–water partition coefficient (Wildman–Crippen LogP) is 3.68. The number of halogens is 1. The molecule has 0 aromatic heterocycles. The van der Waals surface area contributed by atoms with Gasteiger partial charge in [0.2, 0.25) is 0 Å². The van der Waals surface area contributed by atoms with E-state index in [4.69, 9.17) is 0 Å². The summed E-state index contributed by atoms with van der Waals surface area (Å²) in [4.78, 5) is 24.0. The molecule has 20 heavy (non-hydrogen) atoms. The highest BCUT2D eigenvalue weighted by Crippen LogP contribution is 2.14. The fraction of sp³-hybridized carbons (Fsp3) is 0.0588. The van der Waals surface area contributed by atoms with Gasteiger partial charge in [0.15, 0.2) is 11.6 Å². The van der Waals surface area contributed by atoms with Gasteiger partial charge in [-0.25, -0.2) is 4.39 Å². The number of rotatable bonds is 4. The van der Waals surface area contributed by atoms with E-state index in [0.29, 0.717) is 11.1 Å². The molecule has 0 saturated carbocycles. The summed E-state index contributed by atoms with van der Waals surface area (Å²) in [5, 5.41) is 0. The molecule has 0 N–H and O–H groups in total.